The highest BCUT2D eigenvalue weighted by Gasteiger charge is 2.23. The zero-order chi connectivity index (χ0) is 22.2. The highest BCUT2D eigenvalue weighted by molar-refractivity contribution is 7.20. The molecule has 0 atom stereocenters. The minimum absolute atomic E-state index is 0.0743. The summed E-state index contributed by atoms with van der Waals surface area (Å²) < 4.78 is 3.26. The predicted octanol–water partition coefficient (Wildman–Crippen LogP) is 4.39. The molecule has 0 unspecified atom stereocenters. The zero-order valence-electron chi connectivity index (χ0n) is 17.0. The Labute approximate surface area is 187 Å². The molecule has 0 amide bonds. The number of aromatic nitrogens is 4. The molecule has 3 aromatic heterocycles. The smallest absolute Gasteiger partial charge is 0.195 e. The van der Waals surface area contributed by atoms with E-state index in [4.69, 9.17) is 10.4 Å². The molecule has 32 heavy (non-hydrogen) atoms. The number of hydrogen-bond acceptors (Lipinski definition) is 6. The van der Waals surface area contributed by atoms with Gasteiger partial charge in [0.05, 0.1) is 16.3 Å². The number of imidazole rings is 1. The lowest BCUT2D eigenvalue weighted by atomic mass is 10.1. The van der Waals surface area contributed by atoms with Crippen molar-refractivity contribution in [2.24, 2.45) is 0 Å². The quantitative estimate of drug-likeness (QED) is 0.422. The van der Waals surface area contributed by atoms with E-state index in [0.717, 1.165) is 21.9 Å². The van der Waals surface area contributed by atoms with Gasteiger partial charge in [-0.3, -0.25) is 14.6 Å². The first-order valence-corrected chi connectivity index (χ1v) is 10.6. The van der Waals surface area contributed by atoms with Crippen LogP contribution < -0.4 is 5.49 Å². The molecule has 0 radical (unpaired) electrons. The van der Waals surface area contributed by atoms with Crippen molar-refractivity contribution in [1.82, 2.24) is 19.2 Å². The van der Waals surface area contributed by atoms with Gasteiger partial charge in [0.2, 0.25) is 0 Å². The summed E-state index contributed by atoms with van der Waals surface area (Å²) in [5.41, 5.74) is 3.79. The van der Waals surface area contributed by atoms with Crippen LogP contribution in [-0.4, -0.2) is 25.5 Å². The van der Waals surface area contributed by atoms with E-state index in [2.05, 4.69) is 11.2 Å². The summed E-state index contributed by atoms with van der Waals surface area (Å²) in [6.07, 6.45) is 2.57. The topological polar surface area (TPSA) is 99.8 Å². The second-order valence-corrected chi connectivity index (χ2v) is 8.10. The Bertz CT molecular complexity index is 1570. The van der Waals surface area contributed by atoms with Gasteiger partial charge in [0.25, 0.3) is 0 Å². The van der Waals surface area contributed by atoms with Crippen molar-refractivity contribution in [2.45, 2.75) is 6.92 Å². The first-order chi connectivity index (χ1) is 15.6. The fourth-order valence-corrected chi connectivity index (χ4v) is 4.84. The maximum Gasteiger partial charge on any atom is 0.195 e. The maximum absolute atomic E-state index is 12.0. The molecular formula is C24H16N6OS. The highest BCUT2D eigenvalue weighted by atomic mass is 32.1. The van der Waals surface area contributed by atoms with Crippen molar-refractivity contribution < 1.29 is 4.79 Å². The van der Waals surface area contributed by atoms with Gasteiger partial charge >= 0.3 is 0 Å². The van der Waals surface area contributed by atoms with E-state index in [1.165, 1.54) is 16.0 Å². The minimum Gasteiger partial charge on any atom is -0.296 e. The van der Waals surface area contributed by atoms with Gasteiger partial charge < -0.3 is 0 Å². The van der Waals surface area contributed by atoms with E-state index in [9.17, 15) is 10.1 Å². The van der Waals surface area contributed by atoms with Crippen molar-refractivity contribution >= 4 is 22.6 Å². The number of fused-ring (bicyclic) bond motifs is 1. The fraction of sp³-hybridized carbons (Fsp3) is 0.0417. The third-order valence-electron chi connectivity index (χ3n) is 5.24. The molecule has 5 rings (SSSR count). The van der Waals surface area contributed by atoms with Crippen molar-refractivity contribution in [2.75, 3.05) is 0 Å². The van der Waals surface area contributed by atoms with Crippen LogP contribution >= 0.6 is 11.3 Å². The zero-order valence-corrected chi connectivity index (χ0v) is 17.8. The Morgan fingerprint density at radius 1 is 1.09 bits per heavy atom. The van der Waals surface area contributed by atoms with Gasteiger partial charge in [0.1, 0.15) is 17.3 Å². The van der Waals surface area contributed by atoms with Crippen molar-refractivity contribution in [3.8, 4) is 33.5 Å². The van der Waals surface area contributed by atoms with E-state index in [0.29, 0.717) is 22.4 Å². The summed E-state index contributed by atoms with van der Waals surface area (Å²) in [5.74, 6) is 0. The van der Waals surface area contributed by atoms with Gasteiger partial charge in [-0.1, -0.05) is 59.9 Å². The van der Waals surface area contributed by atoms with Crippen molar-refractivity contribution in [3.05, 3.63) is 89.3 Å². The SMILES string of the molecule is Cc1c(-c2c(C=O)nn(-c3ccccc3)c(=N)c2C#N)sc2nc(-c3ccccc3)cn12. The molecule has 0 aliphatic rings. The standard InChI is InChI=1S/C24H16N6OS/c1-15-22(32-24-27-19(13-29(15)24)16-8-4-2-5-9-16)21-18(12-25)23(26)30(28-20(21)14-31)17-10-6-3-7-11-17/h2-11,13-14,26H,1H3. The van der Waals surface area contributed by atoms with Gasteiger partial charge in [0, 0.05) is 23.0 Å². The number of para-hydroxylation sites is 1. The molecule has 0 bridgehead atoms. The monoisotopic (exact) mass is 436 g/mol. The molecule has 3 heterocycles. The van der Waals surface area contributed by atoms with Crippen LogP contribution in [0.5, 0.6) is 0 Å². The summed E-state index contributed by atoms with van der Waals surface area (Å²) >= 11 is 1.37. The Kier molecular flexibility index (Phi) is 4.73. The van der Waals surface area contributed by atoms with Crippen LogP contribution in [0.1, 0.15) is 21.7 Å². The molecule has 0 saturated carbocycles. The van der Waals surface area contributed by atoms with Gasteiger partial charge in [0.15, 0.2) is 16.7 Å². The molecule has 1 N–H and O–H groups in total. The molecule has 0 aliphatic heterocycles. The lowest BCUT2D eigenvalue weighted by Crippen LogP contribution is -2.26. The third-order valence-corrected chi connectivity index (χ3v) is 6.41. The van der Waals surface area contributed by atoms with Crippen LogP contribution in [0.2, 0.25) is 0 Å². The molecule has 5 aromatic rings. The number of thiazole rings is 1. The summed E-state index contributed by atoms with van der Waals surface area (Å²) in [6.45, 7) is 1.91. The summed E-state index contributed by atoms with van der Waals surface area (Å²) in [4.78, 5) is 18.2. The van der Waals surface area contributed by atoms with Crippen LogP contribution in [0.3, 0.4) is 0 Å². The average molecular weight is 437 g/mol. The number of aldehydes is 1. The molecule has 154 valence electrons. The summed E-state index contributed by atoms with van der Waals surface area (Å²) in [6, 6.07) is 21.0. The molecule has 0 spiro atoms. The van der Waals surface area contributed by atoms with Crippen molar-refractivity contribution in [3.63, 3.8) is 0 Å². The minimum atomic E-state index is -0.0743. The first-order valence-electron chi connectivity index (χ1n) is 9.79. The number of hydrogen-bond donors (Lipinski definition) is 1. The number of carbonyl (C=O) groups excluding carboxylic acids is 1. The number of nitrogens with zero attached hydrogens (tertiary/aromatic N) is 5. The Balaban J connectivity index is 1.73. The number of aryl methyl sites for hydroxylation is 1. The largest absolute Gasteiger partial charge is 0.296 e. The molecule has 0 fully saturated rings. The van der Waals surface area contributed by atoms with Gasteiger partial charge in [-0.15, -0.1) is 0 Å². The number of nitrogens with one attached hydrogen (secondary N) is 1. The number of nitriles is 1. The molecule has 0 saturated heterocycles. The van der Waals surface area contributed by atoms with E-state index in [-0.39, 0.29) is 16.7 Å². The Hall–Kier alpha value is -4.35. The normalized spacial score (nSPS) is 10.9. The first kappa shape index (κ1) is 19.6. The highest BCUT2D eigenvalue weighted by Crippen LogP contribution is 2.36. The third kappa shape index (κ3) is 3.04. The molecule has 2 aromatic carbocycles. The van der Waals surface area contributed by atoms with Gasteiger partial charge in [-0.25, -0.2) is 9.67 Å². The Morgan fingerprint density at radius 3 is 2.41 bits per heavy atom. The predicted molar refractivity (Wildman–Crippen MR) is 122 cm³/mol. The second kappa shape index (κ2) is 7.72. The molecule has 7 nitrogen and oxygen atoms in total. The van der Waals surface area contributed by atoms with Gasteiger partial charge in [-0.05, 0) is 19.1 Å². The van der Waals surface area contributed by atoms with Crippen LogP contribution in [-0.2, 0) is 0 Å². The number of rotatable bonds is 4. The number of benzene rings is 2. The summed E-state index contributed by atoms with van der Waals surface area (Å²) in [7, 11) is 0. The molecule has 0 aliphatic carbocycles. The van der Waals surface area contributed by atoms with E-state index >= 15 is 0 Å². The van der Waals surface area contributed by atoms with E-state index in [1.54, 1.807) is 12.1 Å². The average Bonchev–Trinajstić information content (AvgIpc) is 3.39. The lowest BCUT2D eigenvalue weighted by molar-refractivity contribution is 0.111. The number of carbonyl (C=O) groups is 1. The fourth-order valence-electron chi connectivity index (χ4n) is 3.67. The molecular weight excluding hydrogens is 420 g/mol. The van der Waals surface area contributed by atoms with Crippen molar-refractivity contribution in [1.29, 1.82) is 10.7 Å². The maximum atomic E-state index is 12.0. The van der Waals surface area contributed by atoms with Crippen LogP contribution in [0.25, 0.3) is 32.3 Å². The van der Waals surface area contributed by atoms with E-state index in [1.807, 2.05) is 66.1 Å². The van der Waals surface area contributed by atoms with E-state index < -0.39 is 0 Å². The van der Waals surface area contributed by atoms with Crippen LogP contribution in [0, 0.1) is 23.7 Å². The van der Waals surface area contributed by atoms with Crippen LogP contribution in [0.15, 0.2) is 66.9 Å². The lowest BCUT2D eigenvalue weighted by Gasteiger charge is -2.12. The van der Waals surface area contributed by atoms with Crippen LogP contribution in [0.4, 0.5) is 0 Å². The molecule has 8 heteroatoms. The van der Waals surface area contributed by atoms with Gasteiger partial charge in [-0.2, -0.15) is 10.4 Å². The second-order valence-electron chi connectivity index (χ2n) is 7.12. The Morgan fingerprint density at radius 2 is 1.78 bits per heavy atom. The summed E-state index contributed by atoms with van der Waals surface area (Å²) in [5, 5.41) is 22.9.